The first-order valence-electron chi connectivity index (χ1n) is 9.94. The molecule has 0 aliphatic heterocycles. The lowest BCUT2D eigenvalue weighted by Crippen LogP contribution is -2.40. The maximum atomic E-state index is 14.8. The second-order valence-electron chi connectivity index (χ2n) is 7.34. The van der Waals surface area contributed by atoms with E-state index in [0.29, 0.717) is 0 Å². The molecule has 0 saturated heterocycles. The lowest BCUT2D eigenvalue weighted by atomic mass is 10.0. The number of halogens is 8. The predicted octanol–water partition coefficient (Wildman–Crippen LogP) is 5.80. The van der Waals surface area contributed by atoms with E-state index in [2.05, 4.69) is 11.5 Å². The Kier molecular flexibility index (Phi) is 6.57. The minimum Gasteiger partial charge on any atom is -0.445 e. The Morgan fingerprint density at radius 3 is 0.972 bits per heavy atom. The van der Waals surface area contributed by atoms with Gasteiger partial charge in [-0.15, -0.1) is 0 Å². The van der Waals surface area contributed by atoms with Gasteiger partial charge in [0.2, 0.25) is 34.8 Å². The van der Waals surface area contributed by atoms with Crippen LogP contribution in [-0.2, 0) is 0 Å². The van der Waals surface area contributed by atoms with Crippen LogP contribution in [0.1, 0.15) is 0 Å². The summed E-state index contributed by atoms with van der Waals surface area (Å²) in [6.07, 6.45) is 0. The molecule has 0 aliphatic rings. The van der Waals surface area contributed by atoms with Crippen LogP contribution in [0.15, 0.2) is 48.5 Å². The summed E-state index contributed by atoms with van der Waals surface area (Å²) in [6.45, 7) is 0. The van der Waals surface area contributed by atoms with Crippen LogP contribution in [0, 0.1) is 46.5 Å². The minimum atomic E-state index is -2.36. The Labute approximate surface area is 197 Å². The van der Waals surface area contributed by atoms with Crippen LogP contribution < -0.4 is 20.9 Å². The summed E-state index contributed by atoms with van der Waals surface area (Å²) in [7, 11) is 0. The van der Waals surface area contributed by atoms with Gasteiger partial charge in [-0.2, -0.15) is 17.6 Å². The van der Waals surface area contributed by atoms with Crippen molar-refractivity contribution >= 4 is 11.4 Å². The highest BCUT2D eigenvalue weighted by Crippen LogP contribution is 2.43. The first-order chi connectivity index (χ1) is 17.0. The molecule has 12 heteroatoms. The number of hydrogen-bond acceptors (Lipinski definition) is 2. The third kappa shape index (κ3) is 4.10. The second kappa shape index (κ2) is 9.47. The number of para-hydroxylation sites is 2. The zero-order valence-electron chi connectivity index (χ0n) is 17.9. The molecule has 4 aromatic carbocycles. The average molecular weight is 514 g/mol. The summed E-state index contributed by atoms with van der Waals surface area (Å²) < 4.78 is 128. The van der Waals surface area contributed by atoms with E-state index < -0.39 is 69.2 Å². The van der Waals surface area contributed by atoms with Gasteiger partial charge in [-0.1, -0.05) is 24.3 Å². The van der Waals surface area contributed by atoms with Gasteiger partial charge in [-0.3, -0.25) is 0 Å². The van der Waals surface area contributed by atoms with E-state index in [0.717, 1.165) is 0 Å². The van der Waals surface area contributed by atoms with Gasteiger partial charge < -0.3 is 20.9 Å². The van der Waals surface area contributed by atoms with Crippen LogP contribution in [0.2, 0.25) is 0 Å². The standard InChI is InChI=1S/C24H12F8N2O2/c25-15-13(16(26)20(30)23(19(15)29)35-11-7-3-1-5-9(11)33)14-17(27)21(31)24(22(32)18(14)28)36-12-8-4-2-6-10(12)34/h1-8H,33-34H2/p+2. The fraction of sp³-hybridized carbons (Fsp3) is 0. The highest BCUT2D eigenvalue weighted by atomic mass is 19.2. The number of benzene rings is 4. The number of rotatable bonds is 5. The van der Waals surface area contributed by atoms with Crippen LogP contribution in [0.3, 0.4) is 0 Å². The lowest BCUT2D eigenvalue weighted by Gasteiger charge is -2.16. The van der Waals surface area contributed by atoms with Gasteiger partial charge in [0, 0.05) is 12.1 Å². The number of ether oxygens (including phenoxy) is 2. The SMILES string of the molecule is [NH3+]c1ccccc1Oc1c(F)c(F)c(-c2c(F)c(F)c(Oc3ccccc3[NH3+])c(F)c2F)c(F)c1F. The van der Waals surface area contributed by atoms with Crippen molar-refractivity contribution in [3.05, 3.63) is 95.1 Å². The minimum absolute atomic E-state index is 0.0851. The van der Waals surface area contributed by atoms with Crippen LogP contribution in [-0.4, -0.2) is 0 Å². The molecule has 186 valence electrons. The highest BCUT2D eigenvalue weighted by Gasteiger charge is 2.36. The molecule has 0 radical (unpaired) electrons. The van der Waals surface area contributed by atoms with Gasteiger partial charge in [0.1, 0.15) is 0 Å². The molecule has 4 rings (SSSR count). The van der Waals surface area contributed by atoms with Gasteiger partial charge in [0.15, 0.2) is 46.1 Å². The zero-order valence-corrected chi connectivity index (χ0v) is 17.9. The van der Waals surface area contributed by atoms with Crippen molar-refractivity contribution in [1.82, 2.24) is 0 Å². The van der Waals surface area contributed by atoms with Gasteiger partial charge in [0.25, 0.3) is 0 Å². The van der Waals surface area contributed by atoms with Crippen LogP contribution in [0.4, 0.5) is 46.5 Å². The smallest absolute Gasteiger partial charge is 0.205 e. The van der Waals surface area contributed by atoms with E-state index in [-0.39, 0.29) is 22.9 Å². The van der Waals surface area contributed by atoms with Crippen molar-refractivity contribution in [3.63, 3.8) is 0 Å². The molecule has 0 heterocycles. The maximum Gasteiger partial charge on any atom is 0.205 e. The largest absolute Gasteiger partial charge is 0.445 e. The summed E-state index contributed by atoms with van der Waals surface area (Å²) >= 11 is 0. The molecule has 4 aromatic rings. The average Bonchev–Trinajstić information content (AvgIpc) is 2.86. The van der Waals surface area contributed by atoms with E-state index in [1.807, 2.05) is 0 Å². The molecule has 0 unspecified atom stereocenters. The topological polar surface area (TPSA) is 73.7 Å². The maximum absolute atomic E-state index is 14.8. The third-order valence-electron chi connectivity index (χ3n) is 5.07. The Bertz CT molecular complexity index is 1340. The molecule has 6 N–H and O–H groups in total. The van der Waals surface area contributed by atoms with E-state index in [4.69, 9.17) is 9.47 Å². The predicted molar refractivity (Wildman–Crippen MR) is 110 cm³/mol. The summed E-state index contributed by atoms with van der Waals surface area (Å²) in [5.41, 5.74) is 3.14. The van der Waals surface area contributed by atoms with Crippen molar-refractivity contribution in [1.29, 1.82) is 0 Å². The first kappa shape index (κ1) is 24.9. The fourth-order valence-electron chi connectivity index (χ4n) is 3.27. The van der Waals surface area contributed by atoms with Gasteiger partial charge in [-0.05, 0) is 12.1 Å². The summed E-state index contributed by atoms with van der Waals surface area (Å²) in [6, 6.07) is 10.8. The van der Waals surface area contributed by atoms with Gasteiger partial charge in [-0.25, -0.2) is 17.6 Å². The summed E-state index contributed by atoms with van der Waals surface area (Å²) in [5.74, 6) is -22.1. The number of quaternary nitrogens is 2. The Morgan fingerprint density at radius 1 is 0.417 bits per heavy atom. The van der Waals surface area contributed by atoms with E-state index in [9.17, 15) is 35.1 Å². The molecule has 36 heavy (non-hydrogen) atoms. The van der Waals surface area contributed by atoms with Crippen molar-refractivity contribution in [3.8, 4) is 34.1 Å². The molecular weight excluding hydrogens is 500 g/mol. The van der Waals surface area contributed by atoms with Crippen molar-refractivity contribution in [2.45, 2.75) is 0 Å². The van der Waals surface area contributed by atoms with Crippen LogP contribution in [0.25, 0.3) is 11.1 Å². The van der Waals surface area contributed by atoms with E-state index >= 15 is 0 Å². The van der Waals surface area contributed by atoms with Gasteiger partial charge in [0.05, 0.1) is 11.1 Å². The normalized spacial score (nSPS) is 11.1. The molecule has 4 nitrogen and oxygen atoms in total. The Balaban J connectivity index is 1.89. The number of hydrogen-bond donors (Lipinski definition) is 2. The lowest BCUT2D eigenvalue weighted by molar-refractivity contribution is -0.256. The third-order valence-corrected chi connectivity index (χ3v) is 5.07. The van der Waals surface area contributed by atoms with Gasteiger partial charge >= 0.3 is 0 Å². The second-order valence-corrected chi connectivity index (χ2v) is 7.34. The van der Waals surface area contributed by atoms with Crippen molar-refractivity contribution < 1.29 is 56.1 Å². The Hall–Kier alpha value is -4.16. The molecule has 0 saturated carbocycles. The fourth-order valence-corrected chi connectivity index (χ4v) is 3.27. The quantitative estimate of drug-likeness (QED) is 0.261. The molecule has 0 bridgehead atoms. The molecule has 0 amide bonds. The zero-order chi connectivity index (χ0) is 26.3. The molecular formula is C24H14F8N2O2+2. The molecule has 0 fully saturated rings. The summed E-state index contributed by atoms with van der Waals surface area (Å²) in [5, 5.41) is 0. The van der Waals surface area contributed by atoms with Crippen molar-refractivity contribution in [2.75, 3.05) is 0 Å². The summed E-state index contributed by atoms with van der Waals surface area (Å²) in [4.78, 5) is 0. The Morgan fingerprint density at radius 2 is 0.694 bits per heavy atom. The molecule has 0 aliphatic carbocycles. The van der Waals surface area contributed by atoms with Crippen molar-refractivity contribution in [2.24, 2.45) is 0 Å². The monoisotopic (exact) mass is 514 g/mol. The van der Waals surface area contributed by atoms with E-state index in [1.165, 1.54) is 48.5 Å². The van der Waals surface area contributed by atoms with Crippen LogP contribution in [0.5, 0.6) is 23.0 Å². The van der Waals surface area contributed by atoms with E-state index in [1.54, 1.807) is 0 Å². The molecule has 0 aromatic heterocycles. The van der Waals surface area contributed by atoms with Crippen LogP contribution >= 0.6 is 0 Å². The molecule has 0 atom stereocenters. The first-order valence-corrected chi connectivity index (χ1v) is 9.94. The molecule has 0 spiro atoms. The highest BCUT2D eigenvalue weighted by molar-refractivity contribution is 5.70.